The number of nitrogens with one attached hydrogen (secondary N) is 2. The zero-order valence-corrected chi connectivity index (χ0v) is 10.9. The van der Waals surface area contributed by atoms with E-state index in [0.717, 1.165) is 19.3 Å². The van der Waals surface area contributed by atoms with Crippen molar-refractivity contribution in [1.82, 2.24) is 5.32 Å². The molecular weight excluding hydrogens is 258 g/mol. The molecule has 1 aromatic rings. The number of hydrogen-bond acceptors (Lipinski definition) is 4. The van der Waals surface area contributed by atoms with Gasteiger partial charge in [-0.2, -0.15) is 0 Å². The first kappa shape index (κ1) is 12.8. The molecule has 3 amide bonds. The molecular formula is C14H15N3O3. The van der Waals surface area contributed by atoms with Crippen molar-refractivity contribution in [3.8, 4) is 0 Å². The summed E-state index contributed by atoms with van der Waals surface area (Å²) in [4.78, 5) is 34.8. The predicted octanol–water partition coefficient (Wildman–Crippen LogP) is 0.780. The van der Waals surface area contributed by atoms with E-state index in [1.54, 1.807) is 6.07 Å². The highest BCUT2D eigenvalue weighted by Gasteiger charge is 2.34. The van der Waals surface area contributed by atoms with Gasteiger partial charge in [-0.3, -0.25) is 19.7 Å². The van der Waals surface area contributed by atoms with Crippen LogP contribution in [0.2, 0.25) is 0 Å². The van der Waals surface area contributed by atoms with E-state index in [4.69, 9.17) is 5.73 Å². The van der Waals surface area contributed by atoms with Crippen molar-refractivity contribution < 1.29 is 14.4 Å². The summed E-state index contributed by atoms with van der Waals surface area (Å²) in [5, 5.41) is 4.93. The smallest absolute Gasteiger partial charge is 0.259 e. The van der Waals surface area contributed by atoms with E-state index >= 15 is 0 Å². The average Bonchev–Trinajstić information content (AvgIpc) is 2.63. The zero-order valence-electron chi connectivity index (χ0n) is 10.9. The van der Waals surface area contributed by atoms with Crippen LogP contribution in [0.4, 0.5) is 5.69 Å². The summed E-state index contributed by atoms with van der Waals surface area (Å²) in [5.74, 6) is -1.01. The number of anilines is 1. The standard InChI is InChI=1S/C14H15N3O3/c15-14(4-1-5-14)7-11(18)16-8-2-3-9-10(6-8)13(20)17-12(9)19/h2-3,6H,1,4-5,7,15H2,(H,16,18)(H,17,19,20). The van der Waals surface area contributed by atoms with Gasteiger partial charge < -0.3 is 11.1 Å². The van der Waals surface area contributed by atoms with Gasteiger partial charge in [0.05, 0.1) is 11.1 Å². The van der Waals surface area contributed by atoms with Gasteiger partial charge in [0.25, 0.3) is 11.8 Å². The molecule has 1 heterocycles. The summed E-state index contributed by atoms with van der Waals surface area (Å²) in [5.41, 5.74) is 6.76. The molecule has 1 aromatic carbocycles. The minimum absolute atomic E-state index is 0.170. The van der Waals surface area contributed by atoms with Crippen molar-refractivity contribution in [3.63, 3.8) is 0 Å². The second-order valence-electron chi connectivity index (χ2n) is 5.48. The number of rotatable bonds is 3. The quantitative estimate of drug-likeness (QED) is 0.708. The highest BCUT2D eigenvalue weighted by molar-refractivity contribution is 6.22. The van der Waals surface area contributed by atoms with Gasteiger partial charge in [-0.15, -0.1) is 0 Å². The largest absolute Gasteiger partial charge is 0.326 e. The molecule has 6 heteroatoms. The van der Waals surface area contributed by atoms with Gasteiger partial charge in [-0.25, -0.2) is 0 Å². The van der Waals surface area contributed by atoms with Crippen molar-refractivity contribution in [1.29, 1.82) is 0 Å². The van der Waals surface area contributed by atoms with Crippen molar-refractivity contribution in [2.24, 2.45) is 5.73 Å². The maximum absolute atomic E-state index is 11.9. The van der Waals surface area contributed by atoms with Gasteiger partial charge in [0, 0.05) is 17.6 Å². The van der Waals surface area contributed by atoms with Gasteiger partial charge >= 0.3 is 0 Å². The van der Waals surface area contributed by atoms with Gasteiger partial charge in [-0.1, -0.05) is 0 Å². The molecule has 6 nitrogen and oxygen atoms in total. The number of carbonyl (C=O) groups is 3. The Morgan fingerprint density at radius 1 is 1.25 bits per heavy atom. The Morgan fingerprint density at radius 3 is 2.60 bits per heavy atom. The Balaban J connectivity index is 1.72. The van der Waals surface area contributed by atoms with Crippen LogP contribution in [0.25, 0.3) is 0 Å². The molecule has 20 heavy (non-hydrogen) atoms. The highest BCUT2D eigenvalue weighted by Crippen LogP contribution is 2.32. The Bertz CT molecular complexity index is 620. The minimum atomic E-state index is -0.435. The third-order valence-electron chi connectivity index (χ3n) is 3.88. The normalized spacial score (nSPS) is 19.1. The van der Waals surface area contributed by atoms with Crippen molar-refractivity contribution in [3.05, 3.63) is 29.3 Å². The number of carbonyl (C=O) groups excluding carboxylic acids is 3. The molecule has 2 aliphatic rings. The van der Waals surface area contributed by atoms with Crippen LogP contribution in [-0.2, 0) is 4.79 Å². The van der Waals surface area contributed by atoms with Crippen LogP contribution < -0.4 is 16.4 Å². The first-order chi connectivity index (χ1) is 9.47. The van der Waals surface area contributed by atoms with Crippen molar-refractivity contribution in [2.45, 2.75) is 31.2 Å². The molecule has 0 unspecified atom stereocenters. The van der Waals surface area contributed by atoms with E-state index < -0.39 is 11.8 Å². The lowest BCUT2D eigenvalue weighted by Gasteiger charge is -2.37. The van der Waals surface area contributed by atoms with Crippen LogP contribution in [0.1, 0.15) is 46.4 Å². The molecule has 1 aliphatic heterocycles. The number of fused-ring (bicyclic) bond motifs is 1. The highest BCUT2D eigenvalue weighted by atomic mass is 16.2. The van der Waals surface area contributed by atoms with E-state index in [0.29, 0.717) is 16.8 Å². The number of benzene rings is 1. The van der Waals surface area contributed by atoms with Gasteiger partial charge in [-0.05, 0) is 37.5 Å². The van der Waals surface area contributed by atoms with Gasteiger partial charge in [0.15, 0.2) is 0 Å². The van der Waals surface area contributed by atoms with Crippen molar-refractivity contribution in [2.75, 3.05) is 5.32 Å². The minimum Gasteiger partial charge on any atom is -0.326 e. The lowest BCUT2D eigenvalue weighted by molar-refractivity contribution is -0.118. The molecule has 0 spiro atoms. The zero-order chi connectivity index (χ0) is 14.3. The number of hydrogen-bond donors (Lipinski definition) is 3. The summed E-state index contributed by atoms with van der Waals surface area (Å²) in [6, 6.07) is 4.66. The Hall–Kier alpha value is -2.21. The second kappa shape index (κ2) is 4.42. The van der Waals surface area contributed by atoms with Crippen LogP contribution in [0, 0.1) is 0 Å². The maximum atomic E-state index is 11.9. The number of nitrogens with two attached hydrogens (primary N) is 1. The van der Waals surface area contributed by atoms with Gasteiger partial charge in [0.1, 0.15) is 0 Å². The first-order valence-corrected chi connectivity index (χ1v) is 6.55. The van der Waals surface area contributed by atoms with Crippen LogP contribution in [0.5, 0.6) is 0 Å². The van der Waals surface area contributed by atoms with Gasteiger partial charge in [0.2, 0.25) is 5.91 Å². The third kappa shape index (κ3) is 2.18. The molecule has 0 aromatic heterocycles. The van der Waals surface area contributed by atoms with Crippen LogP contribution in [0.15, 0.2) is 18.2 Å². The molecule has 1 aliphatic carbocycles. The predicted molar refractivity (Wildman–Crippen MR) is 72.3 cm³/mol. The maximum Gasteiger partial charge on any atom is 0.259 e. The Labute approximate surface area is 115 Å². The first-order valence-electron chi connectivity index (χ1n) is 6.55. The number of imide groups is 1. The summed E-state index contributed by atoms with van der Waals surface area (Å²) in [6.45, 7) is 0. The van der Waals surface area contributed by atoms with Crippen LogP contribution in [0.3, 0.4) is 0 Å². The Kier molecular flexibility index (Phi) is 2.83. The van der Waals surface area contributed by atoms with Crippen LogP contribution >= 0.6 is 0 Å². The summed E-state index contributed by atoms with van der Waals surface area (Å²) < 4.78 is 0. The molecule has 0 radical (unpaired) electrons. The molecule has 1 fully saturated rings. The lowest BCUT2D eigenvalue weighted by Crippen LogP contribution is -2.48. The second-order valence-corrected chi connectivity index (χ2v) is 5.48. The van der Waals surface area contributed by atoms with E-state index in [2.05, 4.69) is 10.6 Å². The van der Waals surface area contributed by atoms with Crippen LogP contribution in [-0.4, -0.2) is 23.3 Å². The summed E-state index contributed by atoms with van der Waals surface area (Å²) in [7, 11) is 0. The molecule has 0 bridgehead atoms. The summed E-state index contributed by atoms with van der Waals surface area (Å²) >= 11 is 0. The van der Waals surface area contributed by atoms with E-state index in [1.807, 2.05) is 0 Å². The summed E-state index contributed by atoms with van der Waals surface area (Å²) in [6.07, 6.45) is 3.06. The topological polar surface area (TPSA) is 101 Å². The number of amides is 3. The molecule has 1 saturated carbocycles. The molecule has 4 N–H and O–H groups in total. The fourth-order valence-corrected chi connectivity index (χ4v) is 2.58. The van der Waals surface area contributed by atoms with E-state index in [-0.39, 0.29) is 17.9 Å². The van der Waals surface area contributed by atoms with E-state index in [1.165, 1.54) is 12.1 Å². The molecule has 3 rings (SSSR count). The third-order valence-corrected chi connectivity index (χ3v) is 3.88. The fourth-order valence-electron chi connectivity index (χ4n) is 2.58. The monoisotopic (exact) mass is 273 g/mol. The molecule has 0 saturated heterocycles. The van der Waals surface area contributed by atoms with E-state index in [9.17, 15) is 14.4 Å². The van der Waals surface area contributed by atoms with Crippen molar-refractivity contribution >= 4 is 23.4 Å². The fraction of sp³-hybridized carbons (Fsp3) is 0.357. The lowest BCUT2D eigenvalue weighted by atomic mass is 9.75. The molecule has 104 valence electrons. The molecule has 0 atom stereocenters. The Morgan fingerprint density at radius 2 is 1.95 bits per heavy atom. The SMILES string of the molecule is NC1(CC(=O)Nc2ccc3c(c2)C(=O)NC3=O)CCC1. The average molecular weight is 273 g/mol.